The van der Waals surface area contributed by atoms with Crippen molar-refractivity contribution in [2.75, 3.05) is 6.61 Å². The molecule has 0 aliphatic carbocycles. The van der Waals surface area contributed by atoms with E-state index in [1.54, 1.807) is 0 Å². The number of aliphatic imine (C=N–C) groups is 1. The zero-order valence-electron chi connectivity index (χ0n) is 29.1. The van der Waals surface area contributed by atoms with Crippen LogP contribution in [0.1, 0.15) is 63.8 Å². The normalized spacial score (nSPS) is 16.2. The molecule has 6 aromatic rings. The van der Waals surface area contributed by atoms with E-state index in [9.17, 15) is 0 Å². The number of hydrogen-bond acceptors (Lipinski definition) is 4. The minimum atomic E-state index is -0.232. The van der Waals surface area contributed by atoms with E-state index in [2.05, 4.69) is 126 Å². The standard InChI is InChI=1S/C43H41N3O2.Pt/c1-25(2)39(26(3)4)36-24-47-42(45-36)30-20-29(28-13-9-8-10-14-28)21-31(22-30)48-38-23-37-35(19-27(38)5)43(6,7)34-17-11-15-32-33-16-12-18-44-41(33)46(37)40(32)34;/h8-21,25-26,36,39H,24H2,1-7H3;/q-2;+2/t36-;/m0./s1. The molecule has 0 amide bonds. The first-order valence-corrected chi connectivity index (χ1v) is 17.1. The summed E-state index contributed by atoms with van der Waals surface area (Å²) in [7, 11) is 0. The number of aromatic nitrogens is 2. The van der Waals surface area contributed by atoms with Crippen molar-refractivity contribution in [2.24, 2.45) is 22.7 Å². The van der Waals surface area contributed by atoms with E-state index in [4.69, 9.17) is 19.5 Å². The van der Waals surface area contributed by atoms with E-state index in [1.807, 2.05) is 24.4 Å². The van der Waals surface area contributed by atoms with Gasteiger partial charge in [-0.1, -0.05) is 126 Å². The predicted molar refractivity (Wildman–Crippen MR) is 195 cm³/mol. The molecule has 0 saturated heterocycles. The molecule has 5 nitrogen and oxygen atoms in total. The molecule has 0 fully saturated rings. The maximum Gasteiger partial charge on any atom is 2.00 e. The third kappa shape index (κ3) is 5.51. The van der Waals surface area contributed by atoms with E-state index in [1.165, 1.54) is 22.0 Å². The Balaban J connectivity index is 0.00000378. The van der Waals surface area contributed by atoms with Gasteiger partial charge in [-0.2, -0.15) is 6.07 Å². The first-order chi connectivity index (χ1) is 23.1. The summed E-state index contributed by atoms with van der Waals surface area (Å²) in [6.45, 7) is 16.4. The quantitative estimate of drug-likeness (QED) is 0.151. The molecule has 1 atom stereocenters. The summed E-state index contributed by atoms with van der Waals surface area (Å²) in [5.74, 6) is 3.34. The van der Waals surface area contributed by atoms with Gasteiger partial charge >= 0.3 is 21.1 Å². The molecule has 2 aliphatic rings. The fourth-order valence-corrected chi connectivity index (χ4v) is 8.16. The predicted octanol–water partition coefficient (Wildman–Crippen LogP) is 10.3. The summed E-state index contributed by atoms with van der Waals surface area (Å²) in [4.78, 5) is 9.99. The average molecular weight is 827 g/mol. The van der Waals surface area contributed by atoms with E-state index in [-0.39, 0.29) is 32.5 Å². The topological polar surface area (TPSA) is 48.6 Å². The van der Waals surface area contributed by atoms with Gasteiger partial charge in [0, 0.05) is 28.5 Å². The van der Waals surface area contributed by atoms with Crippen molar-refractivity contribution in [3.8, 4) is 28.3 Å². The number of para-hydroxylation sites is 1. The number of hydrogen-bond donors (Lipinski definition) is 0. The fourth-order valence-electron chi connectivity index (χ4n) is 8.16. The number of rotatable bonds is 7. The third-order valence-corrected chi connectivity index (χ3v) is 10.4. The summed E-state index contributed by atoms with van der Waals surface area (Å²) in [5.41, 5.74) is 9.24. The molecular formula is C43H41N3O2Pt. The van der Waals surface area contributed by atoms with Crippen LogP contribution in [0.2, 0.25) is 0 Å². The van der Waals surface area contributed by atoms with Crippen LogP contribution in [0.4, 0.5) is 0 Å². The number of pyridine rings is 1. The molecule has 250 valence electrons. The molecule has 49 heavy (non-hydrogen) atoms. The molecule has 2 aromatic heterocycles. The van der Waals surface area contributed by atoms with Crippen molar-refractivity contribution in [1.82, 2.24) is 9.55 Å². The zero-order chi connectivity index (χ0) is 33.3. The molecule has 0 spiro atoms. The molecule has 8 rings (SSSR count). The summed E-state index contributed by atoms with van der Waals surface area (Å²) in [6.07, 6.45) is 1.86. The van der Waals surface area contributed by atoms with Crippen LogP contribution < -0.4 is 4.74 Å². The van der Waals surface area contributed by atoms with Crippen LogP contribution in [-0.2, 0) is 31.2 Å². The van der Waals surface area contributed by atoms with Crippen LogP contribution in [0, 0.1) is 36.8 Å². The number of nitrogens with zero attached hydrogens (tertiary/aromatic N) is 3. The third-order valence-electron chi connectivity index (χ3n) is 10.4. The molecule has 0 N–H and O–H groups in total. The monoisotopic (exact) mass is 826 g/mol. The molecule has 0 saturated carbocycles. The van der Waals surface area contributed by atoms with Crippen molar-refractivity contribution in [3.05, 3.63) is 119 Å². The number of benzene rings is 4. The summed E-state index contributed by atoms with van der Waals surface area (Å²) >= 11 is 0. The number of fused-ring (bicyclic) bond motifs is 5. The molecule has 0 unspecified atom stereocenters. The largest absolute Gasteiger partial charge is 2.00 e. The summed E-state index contributed by atoms with van der Waals surface area (Å²) in [5, 5.41) is 2.34. The summed E-state index contributed by atoms with van der Waals surface area (Å²) in [6, 6.07) is 34.9. The molecule has 4 heterocycles. The van der Waals surface area contributed by atoms with Gasteiger partial charge in [-0.3, -0.25) is 4.99 Å². The first kappa shape index (κ1) is 33.3. The Kier molecular flexibility index (Phi) is 8.56. The molecular weight excluding hydrogens is 786 g/mol. The van der Waals surface area contributed by atoms with Crippen LogP contribution in [0.15, 0.2) is 90.1 Å². The van der Waals surface area contributed by atoms with Gasteiger partial charge < -0.3 is 14.0 Å². The minimum absolute atomic E-state index is 0. The minimum Gasteiger partial charge on any atom is -0.518 e. The average Bonchev–Trinajstić information content (AvgIpc) is 3.68. The zero-order valence-corrected chi connectivity index (χ0v) is 31.3. The van der Waals surface area contributed by atoms with Crippen molar-refractivity contribution in [2.45, 2.75) is 59.9 Å². The maximum atomic E-state index is 6.77. The smallest absolute Gasteiger partial charge is 0.518 e. The maximum absolute atomic E-state index is 6.77. The van der Waals surface area contributed by atoms with Crippen molar-refractivity contribution >= 4 is 27.8 Å². The van der Waals surface area contributed by atoms with Crippen LogP contribution in [0.3, 0.4) is 0 Å². The first-order valence-electron chi connectivity index (χ1n) is 17.1. The van der Waals surface area contributed by atoms with Crippen LogP contribution >= 0.6 is 0 Å². The van der Waals surface area contributed by atoms with Gasteiger partial charge in [-0.15, -0.1) is 23.3 Å². The number of ether oxygens (including phenoxy) is 2. The Morgan fingerprint density at radius 3 is 2.37 bits per heavy atom. The van der Waals surface area contributed by atoms with Gasteiger partial charge in [-0.25, -0.2) is 4.98 Å². The Hall–Kier alpha value is -4.21. The van der Waals surface area contributed by atoms with E-state index in [0.717, 1.165) is 39.0 Å². The van der Waals surface area contributed by atoms with Crippen LogP contribution in [0.25, 0.3) is 38.8 Å². The van der Waals surface area contributed by atoms with E-state index in [0.29, 0.717) is 41.8 Å². The van der Waals surface area contributed by atoms with Crippen molar-refractivity contribution < 1.29 is 30.5 Å². The molecule has 6 heteroatoms. The second-order valence-corrected chi connectivity index (χ2v) is 14.6. The molecule has 4 aromatic carbocycles. The second-order valence-electron chi connectivity index (χ2n) is 14.6. The summed E-state index contributed by atoms with van der Waals surface area (Å²) < 4.78 is 15.3. The molecule has 0 radical (unpaired) electrons. The fraction of sp³-hybridized carbons (Fsp3) is 0.302. The van der Waals surface area contributed by atoms with Gasteiger partial charge in [0.15, 0.2) is 0 Å². The van der Waals surface area contributed by atoms with Gasteiger partial charge in [0.1, 0.15) is 11.5 Å². The van der Waals surface area contributed by atoms with Crippen LogP contribution in [-0.4, -0.2) is 28.1 Å². The Bertz CT molecular complexity index is 2220. The Labute approximate surface area is 303 Å². The van der Waals surface area contributed by atoms with E-state index < -0.39 is 0 Å². The van der Waals surface area contributed by atoms with Gasteiger partial charge in [0.05, 0.1) is 18.2 Å². The second kappa shape index (κ2) is 12.6. The molecule has 0 bridgehead atoms. The number of aryl methyl sites for hydroxylation is 1. The SMILES string of the molecule is Cc1cc2c([c-]c1Oc1[c-]c(C3=N[C@H](C(C(C)C)C(C)C)CO3)cc(-c3ccccc3)c1)-n1c3ncccc3c3cccc(c31)C2(C)C.[Pt+2]. The van der Waals surface area contributed by atoms with Crippen molar-refractivity contribution in [3.63, 3.8) is 0 Å². The Morgan fingerprint density at radius 2 is 1.61 bits per heavy atom. The van der Waals surface area contributed by atoms with Crippen molar-refractivity contribution in [1.29, 1.82) is 0 Å². The Morgan fingerprint density at radius 1 is 0.857 bits per heavy atom. The van der Waals surface area contributed by atoms with Gasteiger partial charge in [0.2, 0.25) is 0 Å². The van der Waals surface area contributed by atoms with Gasteiger partial charge in [-0.05, 0) is 46.4 Å². The van der Waals surface area contributed by atoms with Gasteiger partial charge in [0.25, 0.3) is 0 Å². The van der Waals surface area contributed by atoms with Crippen LogP contribution in [0.5, 0.6) is 11.5 Å². The van der Waals surface area contributed by atoms with E-state index >= 15 is 0 Å². The molecule has 2 aliphatic heterocycles.